The van der Waals surface area contributed by atoms with Crippen LogP contribution in [-0.4, -0.2) is 25.7 Å². The fraction of sp³-hybridized carbons (Fsp3) is 0.120. The first-order valence-corrected chi connectivity index (χ1v) is 10.9. The second kappa shape index (κ2) is 10.1. The van der Waals surface area contributed by atoms with Crippen molar-refractivity contribution in [3.63, 3.8) is 0 Å². The zero-order chi connectivity index (χ0) is 29.5. The van der Waals surface area contributed by atoms with Gasteiger partial charge in [-0.25, -0.2) is 9.67 Å². The molecule has 208 valence electrons. The Hall–Kier alpha value is -4.69. The number of carbonyl (C=O) groups is 1. The van der Waals surface area contributed by atoms with Crippen molar-refractivity contribution < 1.29 is 44.3 Å². The molecule has 0 aliphatic carbocycles. The third kappa shape index (κ3) is 5.82. The zero-order valence-corrected chi connectivity index (χ0v) is 19.6. The number of pyridine rings is 1. The van der Waals surface area contributed by atoms with Crippen molar-refractivity contribution in [2.75, 3.05) is 0 Å². The number of rotatable bonds is 5. The molecule has 0 radical (unpaired) electrons. The second-order valence-electron chi connectivity index (χ2n) is 8.12. The summed E-state index contributed by atoms with van der Waals surface area (Å²) in [6.45, 7) is 0. The van der Waals surface area contributed by atoms with Crippen molar-refractivity contribution in [1.29, 1.82) is 0 Å². The van der Waals surface area contributed by atoms with E-state index < -0.39 is 75.2 Å². The molecule has 0 saturated carbocycles. The predicted molar refractivity (Wildman–Crippen MR) is 123 cm³/mol. The molecule has 4 aromatic rings. The molecular formula is C25H14F9N5O. The van der Waals surface area contributed by atoms with E-state index in [1.54, 1.807) is 0 Å². The van der Waals surface area contributed by atoms with Crippen molar-refractivity contribution in [2.24, 2.45) is 5.73 Å². The minimum Gasteiger partial charge on any atom is -0.366 e. The maximum Gasteiger partial charge on any atom is 0.433 e. The van der Waals surface area contributed by atoms with Crippen molar-refractivity contribution in [1.82, 2.24) is 19.7 Å². The Morgan fingerprint density at radius 3 is 1.88 bits per heavy atom. The molecule has 0 atom stereocenters. The van der Waals surface area contributed by atoms with E-state index in [1.807, 2.05) is 0 Å². The van der Waals surface area contributed by atoms with Gasteiger partial charge in [-0.15, -0.1) is 5.10 Å². The Bertz CT molecular complexity index is 1600. The SMILES string of the molecule is NC(=O)C(=Cn1nc(-c2ccccc2C(F)(F)F)nc1-c1ccccc1C(F)(F)F)c1ccnc(C(F)(F)F)c1. The van der Waals surface area contributed by atoms with Crippen LogP contribution in [0, 0.1) is 0 Å². The third-order valence-electron chi connectivity index (χ3n) is 5.46. The average Bonchev–Trinajstić information content (AvgIpc) is 3.29. The number of hydrogen-bond acceptors (Lipinski definition) is 4. The molecule has 0 spiro atoms. The molecule has 40 heavy (non-hydrogen) atoms. The van der Waals surface area contributed by atoms with Gasteiger partial charge in [-0.1, -0.05) is 36.4 Å². The van der Waals surface area contributed by atoms with Crippen LogP contribution >= 0.6 is 0 Å². The number of hydrogen-bond donors (Lipinski definition) is 1. The maximum atomic E-state index is 13.8. The summed E-state index contributed by atoms with van der Waals surface area (Å²) in [4.78, 5) is 19.4. The lowest BCUT2D eigenvalue weighted by molar-refractivity contribution is -0.141. The molecule has 2 heterocycles. The monoisotopic (exact) mass is 571 g/mol. The lowest BCUT2D eigenvalue weighted by Crippen LogP contribution is -2.16. The van der Waals surface area contributed by atoms with Gasteiger partial charge in [-0.2, -0.15) is 39.5 Å². The molecule has 4 rings (SSSR count). The number of halogens is 9. The molecule has 2 aromatic heterocycles. The zero-order valence-electron chi connectivity index (χ0n) is 19.6. The van der Waals surface area contributed by atoms with Crippen LogP contribution in [-0.2, 0) is 23.3 Å². The fourth-order valence-electron chi connectivity index (χ4n) is 3.72. The van der Waals surface area contributed by atoms with Crippen LogP contribution in [0.1, 0.15) is 22.4 Å². The first-order chi connectivity index (χ1) is 18.6. The van der Waals surface area contributed by atoms with Gasteiger partial charge in [0.1, 0.15) is 5.69 Å². The Balaban J connectivity index is 2.03. The summed E-state index contributed by atoms with van der Waals surface area (Å²) in [6.07, 6.45) is -13.4. The smallest absolute Gasteiger partial charge is 0.366 e. The first kappa shape index (κ1) is 28.3. The molecule has 0 bridgehead atoms. The number of nitrogens with zero attached hydrogens (tertiary/aromatic N) is 4. The Kier molecular flexibility index (Phi) is 7.17. The lowest BCUT2D eigenvalue weighted by atomic mass is 10.1. The van der Waals surface area contributed by atoms with Crippen LogP contribution in [0.25, 0.3) is 34.5 Å². The van der Waals surface area contributed by atoms with E-state index in [-0.39, 0.29) is 0 Å². The van der Waals surface area contributed by atoms with Crippen molar-refractivity contribution in [3.8, 4) is 22.8 Å². The summed E-state index contributed by atoms with van der Waals surface area (Å²) < 4.78 is 123. The molecule has 0 fully saturated rings. The van der Waals surface area contributed by atoms with Crippen LogP contribution in [0.4, 0.5) is 39.5 Å². The highest BCUT2D eigenvalue weighted by Gasteiger charge is 2.37. The number of aromatic nitrogens is 4. The summed E-state index contributed by atoms with van der Waals surface area (Å²) in [5, 5.41) is 3.89. The largest absolute Gasteiger partial charge is 0.433 e. The molecule has 0 unspecified atom stereocenters. The molecule has 2 N–H and O–H groups in total. The van der Waals surface area contributed by atoms with Gasteiger partial charge in [0.25, 0.3) is 5.91 Å². The van der Waals surface area contributed by atoms with Crippen LogP contribution in [0.5, 0.6) is 0 Å². The van der Waals surface area contributed by atoms with Crippen molar-refractivity contribution >= 4 is 17.7 Å². The van der Waals surface area contributed by atoms with Crippen molar-refractivity contribution in [3.05, 3.63) is 89.2 Å². The minimum atomic E-state index is -4.94. The Morgan fingerprint density at radius 1 is 0.775 bits per heavy atom. The maximum absolute atomic E-state index is 13.8. The second-order valence-corrected chi connectivity index (χ2v) is 8.12. The molecule has 0 saturated heterocycles. The fourth-order valence-corrected chi connectivity index (χ4v) is 3.72. The van der Waals surface area contributed by atoms with Gasteiger partial charge in [0.05, 0.1) is 16.7 Å². The van der Waals surface area contributed by atoms with Gasteiger partial charge >= 0.3 is 18.5 Å². The number of carbonyl (C=O) groups excluding carboxylic acids is 1. The number of primary amides is 1. The minimum absolute atomic E-state index is 0.433. The standard InChI is InChI=1S/C25H14F9N5O/c26-23(27,28)17-7-3-1-5-14(17)21-37-22(15-6-2-4-8-18(15)24(29,30)31)39(38-21)12-16(20(35)40)13-9-10-36-19(11-13)25(32,33)34/h1-12H,(H2,35,40). The number of nitrogens with two attached hydrogens (primary N) is 1. The Labute approximate surface area is 218 Å². The first-order valence-electron chi connectivity index (χ1n) is 10.9. The van der Waals surface area contributed by atoms with E-state index in [0.29, 0.717) is 29.1 Å². The topological polar surface area (TPSA) is 86.7 Å². The highest BCUT2D eigenvalue weighted by molar-refractivity contribution is 6.22. The summed E-state index contributed by atoms with van der Waals surface area (Å²) in [7, 11) is 0. The van der Waals surface area contributed by atoms with Gasteiger partial charge in [-0.05, 0) is 29.8 Å². The van der Waals surface area contributed by atoms with E-state index in [9.17, 15) is 44.3 Å². The number of amides is 1. The molecular weight excluding hydrogens is 557 g/mol. The summed E-state index contributed by atoms with van der Waals surface area (Å²) >= 11 is 0. The van der Waals surface area contributed by atoms with Crippen LogP contribution in [0.3, 0.4) is 0 Å². The van der Waals surface area contributed by atoms with Crippen molar-refractivity contribution in [2.45, 2.75) is 18.5 Å². The predicted octanol–water partition coefficient (Wildman–Crippen LogP) is 6.55. The third-order valence-corrected chi connectivity index (χ3v) is 5.46. The molecule has 2 aromatic carbocycles. The van der Waals surface area contributed by atoms with Gasteiger partial charge in [0.2, 0.25) is 0 Å². The molecule has 0 aliphatic rings. The number of benzene rings is 2. The van der Waals surface area contributed by atoms with E-state index in [4.69, 9.17) is 5.73 Å². The number of alkyl halides is 9. The quantitative estimate of drug-likeness (QED) is 0.218. The lowest BCUT2D eigenvalue weighted by Gasteiger charge is -2.12. The summed E-state index contributed by atoms with van der Waals surface area (Å²) in [5.41, 5.74) is -0.819. The van der Waals surface area contributed by atoms with Gasteiger partial charge in [0, 0.05) is 23.5 Å². The van der Waals surface area contributed by atoms with Crippen LogP contribution in [0.2, 0.25) is 0 Å². The van der Waals surface area contributed by atoms with Crippen LogP contribution < -0.4 is 5.73 Å². The van der Waals surface area contributed by atoms with Gasteiger partial charge < -0.3 is 5.73 Å². The highest BCUT2D eigenvalue weighted by Crippen LogP contribution is 2.39. The molecule has 1 amide bonds. The van der Waals surface area contributed by atoms with E-state index >= 15 is 0 Å². The highest BCUT2D eigenvalue weighted by atomic mass is 19.4. The van der Waals surface area contributed by atoms with Gasteiger partial charge in [-0.3, -0.25) is 9.78 Å². The average molecular weight is 571 g/mol. The van der Waals surface area contributed by atoms with Gasteiger partial charge in [0.15, 0.2) is 11.6 Å². The van der Waals surface area contributed by atoms with E-state index in [1.165, 1.54) is 12.1 Å². The summed E-state index contributed by atoms with van der Waals surface area (Å²) in [6, 6.07) is 9.35. The Morgan fingerprint density at radius 2 is 1.32 bits per heavy atom. The summed E-state index contributed by atoms with van der Waals surface area (Å²) in [5.74, 6) is -2.66. The van der Waals surface area contributed by atoms with E-state index in [2.05, 4.69) is 15.1 Å². The molecule has 15 heteroatoms. The van der Waals surface area contributed by atoms with E-state index in [0.717, 1.165) is 36.5 Å². The molecule has 0 aliphatic heterocycles. The van der Waals surface area contributed by atoms with Crippen LogP contribution in [0.15, 0.2) is 66.9 Å². The normalized spacial score (nSPS) is 13.0. The molecule has 6 nitrogen and oxygen atoms in total.